The first-order valence-electron chi connectivity index (χ1n) is 9.05. The highest BCUT2D eigenvalue weighted by Gasteiger charge is 2.33. The molecule has 0 spiro atoms. The summed E-state index contributed by atoms with van der Waals surface area (Å²) in [6, 6.07) is 3.47. The monoisotopic (exact) mass is 353 g/mol. The number of aliphatic imine (C=N–C) groups is 1. The van der Waals surface area contributed by atoms with Gasteiger partial charge in [-0.1, -0.05) is 12.8 Å². The molecule has 140 valence electrons. The third-order valence-corrected chi connectivity index (χ3v) is 4.95. The largest absolute Gasteiger partial charge is 0.382 e. The number of hydrogen-bond donors (Lipinski definition) is 2. The second-order valence-electron chi connectivity index (χ2n) is 6.67. The lowest BCUT2D eigenvalue weighted by molar-refractivity contribution is 0.105. The Kier molecular flexibility index (Phi) is 7.62. The van der Waals surface area contributed by atoms with Gasteiger partial charge in [0.15, 0.2) is 5.96 Å². The van der Waals surface area contributed by atoms with Gasteiger partial charge in [-0.25, -0.2) is 8.78 Å². The van der Waals surface area contributed by atoms with E-state index in [0.717, 1.165) is 38.3 Å². The van der Waals surface area contributed by atoms with E-state index in [-0.39, 0.29) is 17.5 Å². The summed E-state index contributed by atoms with van der Waals surface area (Å²) in [6.07, 6.45) is 5.89. The summed E-state index contributed by atoms with van der Waals surface area (Å²) < 4.78 is 32.5. The van der Waals surface area contributed by atoms with Gasteiger partial charge in [0, 0.05) is 38.9 Å². The highest BCUT2D eigenvalue weighted by molar-refractivity contribution is 5.79. The molecular formula is C19H29F2N3O. The Hall–Kier alpha value is -1.69. The van der Waals surface area contributed by atoms with Crippen molar-refractivity contribution >= 4 is 5.96 Å². The number of ether oxygens (including phenoxy) is 1. The molecule has 2 rings (SSSR count). The van der Waals surface area contributed by atoms with Crippen molar-refractivity contribution in [1.29, 1.82) is 0 Å². The van der Waals surface area contributed by atoms with Crippen molar-refractivity contribution in [3.05, 3.63) is 35.4 Å². The molecule has 1 aromatic carbocycles. The molecule has 1 aliphatic rings. The maximum absolute atomic E-state index is 13.7. The van der Waals surface area contributed by atoms with Crippen LogP contribution in [0.4, 0.5) is 8.78 Å². The Morgan fingerprint density at radius 2 is 2.00 bits per heavy atom. The smallest absolute Gasteiger partial charge is 0.191 e. The molecule has 0 radical (unpaired) electrons. The van der Waals surface area contributed by atoms with Crippen LogP contribution in [0.5, 0.6) is 0 Å². The van der Waals surface area contributed by atoms with Crippen LogP contribution in [0.2, 0.25) is 0 Å². The molecule has 0 atom stereocenters. The zero-order valence-corrected chi connectivity index (χ0v) is 15.2. The first-order chi connectivity index (χ1) is 12.1. The molecule has 0 unspecified atom stereocenters. The Morgan fingerprint density at radius 3 is 2.68 bits per heavy atom. The molecule has 1 saturated carbocycles. The van der Waals surface area contributed by atoms with Gasteiger partial charge in [-0.2, -0.15) is 0 Å². The molecule has 2 N–H and O–H groups in total. The molecule has 6 heteroatoms. The summed E-state index contributed by atoms with van der Waals surface area (Å²) in [5, 5.41) is 6.41. The van der Waals surface area contributed by atoms with E-state index in [0.29, 0.717) is 5.96 Å². The van der Waals surface area contributed by atoms with Crippen LogP contribution < -0.4 is 10.6 Å². The second kappa shape index (κ2) is 9.70. The lowest BCUT2D eigenvalue weighted by atomic mass is 9.83. The van der Waals surface area contributed by atoms with Gasteiger partial charge in [-0.3, -0.25) is 4.99 Å². The molecule has 4 nitrogen and oxygen atoms in total. The van der Waals surface area contributed by atoms with Gasteiger partial charge in [0.2, 0.25) is 0 Å². The van der Waals surface area contributed by atoms with Gasteiger partial charge in [-0.15, -0.1) is 0 Å². The summed E-state index contributed by atoms with van der Waals surface area (Å²) in [5.41, 5.74) is 0.520. The van der Waals surface area contributed by atoms with Crippen LogP contribution >= 0.6 is 0 Å². The molecule has 0 bridgehead atoms. The second-order valence-corrected chi connectivity index (χ2v) is 6.67. The summed E-state index contributed by atoms with van der Waals surface area (Å²) >= 11 is 0. The Labute approximate surface area is 149 Å². The van der Waals surface area contributed by atoms with Gasteiger partial charge >= 0.3 is 0 Å². The maximum Gasteiger partial charge on any atom is 0.191 e. The van der Waals surface area contributed by atoms with E-state index in [2.05, 4.69) is 15.6 Å². The first-order valence-corrected chi connectivity index (χ1v) is 9.05. The van der Waals surface area contributed by atoms with Crippen molar-refractivity contribution in [2.75, 3.05) is 26.8 Å². The highest BCUT2D eigenvalue weighted by Crippen LogP contribution is 2.40. The quantitative estimate of drug-likeness (QED) is 0.426. The molecule has 0 aromatic heterocycles. The number of rotatable bonds is 8. The summed E-state index contributed by atoms with van der Waals surface area (Å²) in [6.45, 7) is 4.53. The van der Waals surface area contributed by atoms with Gasteiger partial charge in [0.05, 0.1) is 0 Å². The van der Waals surface area contributed by atoms with Crippen molar-refractivity contribution in [1.82, 2.24) is 10.6 Å². The molecular weight excluding hydrogens is 324 g/mol. The van der Waals surface area contributed by atoms with E-state index >= 15 is 0 Å². The Morgan fingerprint density at radius 1 is 1.24 bits per heavy atom. The summed E-state index contributed by atoms with van der Waals surface area (Å²) in [5.74, 6) is -0.262. The van der Waals surface area contributed by atoms with E-state index < -0.39 is 11.6 Å². The number of hydrogen-bond acceptors (Lipinski definition) is 2. The average molecular weight is 353 g/mol. The standard InChI is InChI=1S/C19H29F2N3O/c1-3-25-11-10-19(8-4-5-9-19)14-24-18(22-2)23-13-15-12-16(20)6-7-17(15)21/h6-7,12H,3-5,8-11,13-14H2,1-2H3,(H2,22,23,24). The predicted octanol–water partition coefficient (Wildman–Crippen LogP) is 3.62. The molecule has 1 aromatic rings. The lowest BCUT2D eigenvalue weighted by Gasteiger charge is -2.30. The maximum atomic E-state index is 13.7. The first kappa shape index (κ1) is 19.6. The molecule has 1 aliphatic carbocycles. The van der Waals surface area contributed by atoms with Crippen LogP contribution in [0.15, 0.2) is 23.2 Å². The Bertz CT molecular complexity index is 572. The normalized spacial score (nSPS) is 16.9. The van der Waals surface area contributed by atoms with Crippen molar-refractivity contribution in [2.45, 2.75) is 45.6 Å². The van der Waals surface area contributed by atoms with Crippen molar-refractivity contribution in [3.8, 4) is 0 Å². The molecule has 0 amide bonds. The van der Waals surface area contributed by atoms with Crippen LogP contribution in [0.3, 0.4) is 0 Å². The van der Waals surface area contributed by atoms with Gasteiger partial charge in [-0.05, 0) is 49.8 Å². The number of nitrogens with one attached hydrogen (secondary N) is 2. The molecule has 0 saturated heterocycles. The summed E-state index contributed by atoms with van der Waals surface area (Å²) in [4.78, 5) is 4.19. The molecule has 25 heavy (non-hydrogen) atoms. The van der Waals surface area contributed by atoms with Crippen LogP contribution in [-0.2, 0) is 11.3 Å². The number of nitrogens with zero attached hydrogens (tertiary/aromatic N) is 1. The van der Waals surface area contributed by atoms with Crippen LogP contribution in [0, 0.1) is 17.0 Å². The van der Waals surface area contributed by atoms with E-state index in [1.54, 1.807) is 7.05 Å². The van der Waals surface area contributed by atoms with Crippen LogP contribution in [0.25, 0.3) is 0 Å². The zero-order valence-electron chi connectivity index (χ0n) is 15.2. The van der Waals surface area contributed by atoms with Gasteiger partial charge in [0.1, 0.15) is 11.6 Å². The fourth-order valence-electron chi connectivity index (χ4n) is 3.42. The van der Waals surface area contributed by atoms with E-state index in [1.165, 1.54) is 31.7 Å². The Balaban J connectivity index is 1.87. The molecule has 0 aliphatic heterocycles. The van der Waals surface area contributed by atoms with Crippen molar-refractivity contribution in [3.63, 3.8) is 0 Å². The number of guanidine groups is 1. The predicted molar refractivity (Wildman–Crippen MR) is 96.6 cm³/mol. The summed E-state index contributed by atoms with van der Waals surface area (Å²) in [7, 11) is 1.68. The fraction of sp³-hybridized carbons (Fsp3) is 0.632. The van der Waals surface area contributed by atoms with E-state index in [9.17, 15) is 8.78 Å². The average Bonchev–Trinajstić information content (AvgIpc) is 3.07. The minimum atomic E-state index is -0.443. The van der Waals surface area contributed by atoms with Crippen LogP contribution in [0.1, 0.15) is 44.6 Å². The third kappa shape index (κ3) is 5.96. The van der Waals surface area contributed by atoms with E-state index in [1.807, 2.05) is 6.92 Å². The topological polar surface area (TPSA) is 45.6 Å². The molecule has 1 fully saturated rings. The minimum absolute atomic E-state index is 0.190. The van der Waals surface area contributed by atoms with E-state index in [4.69, 9.17) is 4.74 Å². The molecule has 0 heterocycles. The van der Waals surface area contributed by atoms with Gasteiger partial charge in [0.25, 0.3) is 0 Å². The lowest BCUT2D eigenvalue weighted by Crippen LogP contribution is -2.43. The number of halogens is 2. The number of benzene rings is 1. The van der Waals surface area contributed by atoms with Crippen molar-refractivity contribution < 1.29 is 13.5 Å². The van der Waals surface area contributed by atoms with Crippen molar-refractivity contribution in [2.24, 2.45) is 10.4 Å². The third-order valence-electron chi connectivity index (χ3n) is 4.95. The van der Waals surface area contributed by atoms with Gasteiger partial charge < -0.3 is 15.4 Å². The highest BCUT2D eigenvalue weighted by atomic mass is 19.1. The zero-order chi connectivity index (χ0) is 18.1. The minimum Gasteiger partial charge on any atom is -0.382 e. The van der Waals surface area contributed by atoms with Crippen LogP contribution in [-0.4, -0.2) is 32.8 Å². The fourth-order valence-corrected chi connectivity index (χ4v) is 3.42. The SMILES string of the molecule is CCOCCC1(CNC(=NC)NCc2cc(F)ccc2F)CCCC1.